The fourth-order valence-corrected chi connectivity index (χ4v) is 4.50. The van der Waals surface area contributed by atoms with E-state index in [4.69, 9.17) is 5.73 Å². The molecule has 1 aliphatic carbocycles. The number of likely N-dealkylation sites (N-methyl/N-ethyl adjacent to an activating group) is 1. The molecule has 4 rings (SSSR count). The Labute approximate surface area is 120 Å². The minimum Gasteiger partial charge on any atom is -0.361 e. The van der Waals surface area contributed by atoms with Crippen LogP contribution in [0.15, 0.2) is 24.4 Å². The lowest BCUT2D eigenvalue weighted by atomic mass is 9.72. The van der Waals surface area contributed by atoms with Crippen molar-refractivity contribution in [2.24, 2.45) is 11.7 Å². The van der Waals surface area contributed by atoms with Gasteiger partial charge in [-0.2, -0.15) is 0 Å². The molecule has 0 spiro atoms. The standard InChI is InChI=1S/C17H23N3/c1-20-10-11(5-6-18)7-14-13-3-2-4-15-17(13)12(9-19-15)8-16(14)20/h2-4,9,11,14,16,19H,5-8,10,18H2,1H3/t11-,14?,16-/m1/s1. The molecule has 0 bridgehead atoms. The Bertz CT molecular complexity index is 630. The van der Waals surface area contributed by atoms with Crippen LogP contribution < -0.4 is 5.73 Å². The van der Waals surface area contributed by atoms with Gasteiger partial charge in [-0.3, -0.25) is 0 Å². The van der Waals surface area contributed by atoms with Crippen LogP contribution in [0, 0.1) is 5.92 Å². The third-order valence-corrected chi connectivity index (χ3v) is 5.39. The van der Waals surface area contributed by atoms with Crippen molar-refractivity contribution in [3.05, 3.63) is 35.5 Å². The van der Waals surface area contributed by atoms with E-state index in [1.807, 2.05) is 0 Å². The third-order valence-electron chi connectivity index (χ3n) is 5.39. The largest absolute Gasteiger partial charge is 0.361 e. The van der Waals surface area contributed by atoms with Gasteiger partial charge >= 0.3 is 0 Å². The lowest BCUT2D eigenvalue weighted by Crippen LogP contribution is -2.48. The number of hydrogen-bond donors (Lipinski definition) is 2. The molecule has 2 aliphatic rings. The molecule has 3 N–H and O–H groups in total. The smallest absolute Gasteiger partial charge is 0.0459 e. The first kappa shape index (κ1) is 12.4. The number of hydrogen-bond acceptors (Lipinski definition) is 2. The van der Waals surface area contributed by atoms with Gasteiger partial charge in [0.1, 0.15) is 0 Å². The van der Waals surface area contributed by atoms with E-state index in [1.54, 1.807) is 5.56 Å². The summed E-state index contributed by atoms with van der Waals surface area (Å²) in [6.45, 7) is 2.02. The quantitative estimate of drug-likeness (QED) is 0.879. The molecule has 3 nitrogen and oxygen atoms in total. The minimum atomic E-state index is 0.665. The Balaban J connectivity index is 1.79. The highest BCUT2D eigenvalue weighted by atomic mass is 15.1. The number of benzene rings is 1. The Morgan fingerprint density at radius 2 is 2.30 bits per heavy atom. The molecule has 106 valence electrons. The minimum absolute atomic E-state index is 0.665. The van der Waals surface area contributed by atoms with E-state index in [0.717, 1.165) is 18.9 Å². The average Bonchev–Trinajstić information content (AvgIpc) is 2.86. The molecule has 0 radical (unpaired) electrons. The topological polar surface area (TPSA) is 45.0 Å². The molecule has 1 fully saturated rings. The number of piperidine rings is 1. The van der Waals surface area contributed by atoms with Gasteiger partial charge in [-0.05, 0) is 56.0 Å². The molecule has 20 heavy (non-hydrogen) atoms. The van der Waals surface area contributed by atoms with Crippen LogP contribution in [0.5, 0.6) is 0 Å². The van der Waals surface area contributed by atoms with Gasteiger partial charge in [0.2, 0.25) is 0 Å². The van der Waals surface area contributed by atoms with Crippen molar-refractivity contribution in [2.75, 3.05) is 20.1 Å². The van der Waals surface area contributed by atoms with E-state index in [1.165, 1.54) is 35.9 Å². The molecular weight excluding hydrogens is 246 g/mol. The van der Waals surface area contributed by atoms with Crippen molar-refractivity contribution >= 4 is 10.9 Å². The van der Waals surface area contributed by atoms with Gasteiger partial charge in [0.05, 0.1) is 0 Å². The molecule has 2 heterocycles. The highest BCUT2D eigenvalue weighted by Crippen LogP contribution is 2.44. The van der Waals surface area contributed by atoms with Crippen LogP contribution in [0.3, 0.4) is 0 Å². The number of nitrogens with zero attached hydrogens (tertiary/aromatic N) is 1. The molecule has 0 amide bonds. The molecule has 1 aromatic carbocycles. The molecule has 1 unspecified atom stereocenters. The van der Waals surface area contributed by atoms with Crippen molar-refractivity contribution in [1.29, 1.82) is 0 Å². The van der Waals surface area contributed by atoms with Crippen LogP contribution in [0.25, 0.3) is 10.9 Å². The fraction of sp³-hybridized carbons (Fsp3) is 0.529. The first-order chi connectivity index (χ1) is 9.78. The Kier molecular flexibility index (Phi) is 2.86. The lowest BCUT2D eigenvalue weighted by Gasteiger charge is -2.45. The van der Waals surface area contributed by atoms with Gasteiger partial charge in [-0.15, -0.1) is 0 Å². The van der Waals surface area contributed by atoms with Crippen LogP contribution in [0.2, 0.25) is 0 Å². The van der Waals surface area contributed by atoms with E-state index >= 15 is 0 Å². The number of nitrogens with one attached hydrogen (secondary N) is 1. The van der Waals surface area contributed by atoms with E-state index in [-0.39, 0.29) is 0 Å². The van der Waals surface area contributed by atoms with Gasteiger partial charge in [0.25, 0.3) is 0 Å². The van der Waals surface area contributed by atoms with Crippen LogP contribution in [-0.2, 0) is 6.42 Å². The van der Waals surface area contributed by atoms with Crippen molar-refractivity contribution in [1.82, 2.24) is 9.88 Å². The van der Waals surface area contributed by atoms with Gasteiger partial charge in [0.15, 0.2) is 0 Å². The molecule has 3 heteroatoms. The second-order valence-corrected chi connectivity index (χ2v) is 6.58. The summed E-state index contributed by atoms with van der Waals surface area (Å²) in [5.41, 5.74) is 10.2. The molecule has 0 saturated carbocycles. The summed E-state index contributed by atoms with van der Waals surface area (Å²) in [5.74, 6) is 1.43. The highest BCUT2D eigenvalue weighted by molar-refractivity contribution is 5.88. The Morgan fingerprint density at radius 1 is 1.40 bits per heavy atom. The van der Waals surface area contributed by atoms with Crippen molar-refractivity contribution in [3.63, 3.8) is 0 Å². The second-order valence-electron chi connectivity index (χ2n) is 6.58. The maximum Gasteiger partial charge on any atom is 0.0459 e. The number of nitrogens with two attached hydrogens (primary N) is 1. The zero-order chi connectivity index (χ0) is 13.7. The molecule has 1 aromatic heterocycles. The fourth-order valence-electron chi connectivity index (χ4n) is 4.50. The predicted octanol–water partition coefficient (Wildman–Crippen LogP) is 2.48. The van der Waals surface area contributed by atoms with Gasteiger partial charge in [0, 0.05) is 35.6 Å². The van der Waals surface area contributed by atoms with Gasteiger partial charge in [-0.1, -0.05) is 12.1 Å². The molecule has 1 saturated heterocycles. The number of likely N-dealkylation sites (tertiary alicyclic amines) is 1. The summed E-state index contributed by atoms with van der Waals surface area (Å²) in [7, 11) is 2.29. The SMILES string of the molecule is CN1C[C@H](CCN)CC2c3cccc4[nH]cc(c34)C[C@H]21. The summed E-state index contributed by atoms with van der Waals surface area (Å²) in [6, 6.07) is 7.41. The maximum absolute atomic E-state index is 5.79. The van der Waals surface area contributed by atoms with Crippen LogP contribution in [0.1, 0.15) is 29.9 Å². The number of aromatic amines is 1. The zero-order valence-electron chi connectivity index (χ0n) is 12.1. The van der Waals surface area contributed by atoms with E-state index in [2.05, 4.69) is 41.3 Å². The van der Waals surface area contributed by atoms with Gasteiger partial charge in [-0.25, -0.2) is 0 Å². The normalized spacial score (nSPS) is 29.6. The summed E-state index contributed by atoms with van der Waals surface area (Å²) < 4.78 is 0. The maximum atomic E-state index is 5.79. The number of aromatic nitrogens is 1. The first-order valence-electron chi connectivity index (χ1n) is 7.77. The van der Waals surface area contributed by atoms with Crippen molar-refractivity contribution < 1.29 is 0 Å². The van der Waals surface area contributed by atoms with Crippen LogP contribution >= 0.6 is 0 Å². The lowest BCUT2D eigenvalue weighted by molar-refractivity contribution is 0.109. The summed E-state index contributed by atoms with van der Waals surface area (Å²) in [4.78, 5) is 6.01. The summed E-state index contributed by atoms with van der Waals surface area (Å²) >= 11 is 0. The summed E-state index contributed by atoms with van der Waals surface area (Å²) in [6.07, 6.45) is 5.86. The molecule has 1 aliphatic heterocycles. The second kappa shape index (κ2) is 4.61. The monoisotopic (exact) mass is 269 g/mol. The number of H-pyrrole nitrogens is 1. The van der Waals surface area contributed by atoms with Gasteiger partial charge < -0.3 is 15.6 Å². The van der Waals surface area contributed by atoms with Crippen molar-refractivity contribution in [2.45, 2.75) is 31.2 Å². The molecule has 3 atom stereocenters. The van der Waals surface area contributed by atoms with Crippen molar-refractivity contribution in [3.8, 4) is 0 Å². The highest BCUT2D eigenvalue weighted by Gasteiger charge is 2.38. The first-order valence-corrected chi connectivity index (χ1v) is 7.77. The van der Waals surface area contributed by atoms with Crippen LogP contribution in [0.4, 0.5) is 0 Å². The Hall–Kier alpha value is -1.32. The Morgan fingerprint density at radius 3 is 3.15 bits per heavy atom. The molecular formula is C17H23N3. The third kappa shape index (κ3) is 1.73. The van der Waals surface area contributed by atoms with E-state index < -0.39 is 0 Å². The zero-order valence-corrected chi connectivity index (χ0v) is 12.1. The van der Waals surface area contributed by atoms with Crippen LogP contribution in [-0.4, -0.2) is 36.1 Å². The summed E-state index contributed by atoms with van der Waals surface area (Å²) in [5, 5.41) is 1.50. The van der Waals surface area contributed by atoms with E-state index in [9.17, 15) is 0 Å². The average molecular weight is 269 g/mol. The predicted molar refractivity (Wildman–Crippen MR) is 82.9 cm³/mol. The molecule has 2 aromatic rings. The number of rotatable bonds is 2. The van der Waals surface area contributed by atoms with E-state index in [0.29, 0.717) is 12.0 Å². The number of fused-ring (bicyclic) bond motifs is 2.